The van der Waals surface area contributed by atoms with Crippen LogP contribution in [0.15, 0.2) is 24.3 Å². The van der Waals surface area contributed by atoms with Crippen molar-refractivity contribution in [3.63, 3.8) is 0 Å². The van der Waals surface area contributed by atoms with E-state index in [4.69, 9.17) is 4.74 Å². The van der Waals surface area contributed by atoms with Gasteiger partial charge in [-0.1, -0.05) is 31.2 Å². The van der Waals surface area contributed by atoms with Gasteiger partial charge in [-0.25, -0.2) is 0 Å². The van der Waals surface area contributed by atoms with Gasteiger partial charge in [0.1, 0.15) is 6.61 Å². The molecule has 0 radical (unpaired) electrons. The number of rotatable bonds is 5. The van der Waals surface area contributed by atoms with Crippen LogP contribution >= 0.6 is 0 Å². The maximum absolute atomic E-state index is 11.7. The molecule has 98 valence electrons. The zero-order chi connectivity index (χ0) is 13.0. The Balaban J connectivity index is 1.95. The fourth-order valence-electron chi connectivity index (χ4n) is 2.27. The van der Waals surface area contributed by atoms with E-state index < -0.39 is 6.10 Å². The van der Waals surface area contributed by atoms with Crippen LogP contribution in [0, 0.1) is 0 Å². The molecule has 0 fully saturated rings. The molecular formula is C14H19NO3. The van der Waals surface area contributed by atoms with Crippen molar-refractivity contribution >= 4 is 5.91 Å². The first kappa shape index (κ1) is 13.1. The van der Waals surface area contributed by atoms with Crippen molar-refractivity contribution in [1.29, 1.82) is 0 Å². The second kappa shape index (κ2) is 5.98. The van der Waals surface area contributed by atoms with Crippen molar-refractivity contribution < 1.29 is 14.6 Å². The highest BCUT2D eigenvalue weighted by molar-refractivity contribution is 5.78. The number of ether oxygens (including phenoxy) is 1. The highest BCUT2D eigenvalue weighted by Crippen LogP contribution is 2.30. The maximum atomic E-state index is 11.7. The van der Waals surface area contributed by atoms with Crippen molar-refractivity contribution in [2.45, 2.75) is 31.9 Å². The zero-order valence-electron chi connectivity index (χ0n) is 10.6. The first-order chi connectivity index (χ1) is 8.72. The number of hydrogen-bond donors (Lipinski definition) is 2. The first-order valence-corrected chi connectivity index (χ1v) is 6.35. The largest absolute Gasteiger partial charge is 0.390 e. The van der Waals surface area contributed by atoms with Gasteiger partial charge in [-0.15, -0.1) is 0 Å². The Hall–Kier alpha value is -1.39. The molecule has 0 saturated heterocycles. The van der Waals surface area contributed by atoms with Crippen LogP contribution in [0.5, 0.6) is 0 Å². The lowest BCUT2D eigenvalue weighted by atomic mass is 10.1. The number of carbonyl (C=O) groups excluding carboxylic acids is 1. The second-order valence-corrected chi connectivity index (χ2v) is 4.57. The van der Waals surface area contributed by atoms with E-state index >= 15 is 0 Å². The molecule has 18 heavy (non-hydrogen) atoms. The molecule has 1 aromatic carbocycles. The Morgan fingerprint density at radius 3 is 3.06 bits per heavy atom. The van der Waals surface area contributed by atoms with E-state index in [-0.39, 0.29) is 18.6 Å². The number of nitrogens with one attached hydrogen (secondary N) is 1. The van der Waals surface area contributed by atoms with Crippen LogP contribution in [0.3, 0.4) is 0 Å². The van der Waals surface area contributed by atoms with Crippen LogP contribution in [0.25, 0.3) is 0 Å². The molecule has 1 amide bonds. The van der Waals surface area contributed by atoms with Crippen molar-refractivity contribution in [1.82, 2.24) is 5.32 Å². The maximum Gasteiger partial charge on any atom is 0.246 e. The summed E-state index contributed by atoms with van der Waals surface area (Å²) in [4.78, 5) is 11.7. The molecule has 4 nitrogen and oxygen atoms in total. The normalized spacial score (nSPS) is 21.7. The predicted molar refractivity (Wildman–Crippen MR) is 68.1 cm³/mol. The standard InChI is InChI=1S/C14H19NO3/c1-2-7-18-9-13(17)15-14-11-6-4-3-5-10(11)8-12(14)16/h3-6,12,14,16H,2,7-9H2,1H3,(H,15,17). The molecule has 0 bridgehead atoms. The lowest BCUT2D eigenvalue weighted by molar-refractivity contribution is -0.127. The molecule has 0 aromatic heterocycles. The summed E-state index contributed by atoms with van der Waals surface area (Å²) in [5.41, 5.74) is 2.11. The average molecular weight is 249 g/mol. The molecule has 0 spiro atoms. The van der Waals surface area contributed by atoms with Gasteiger partial charge >= 0.3 is 0 Å². The molecule has 4 heteroatoms. The minimum atomic E-state index is -0.544. The highest BCUT2D eigenvalue weighted by atomic mass is 16.5. The number of amides is 1. The monoisotopic (exact) mass is 249 g/mol. The summed E-state index contributed by atoms with van der Waals surface area (Å²) in [5, 5.41) is 12.8. The average Bonchev–Trinajstić information content (AvgIpc) is 2.67. The molecule has 1 aliphatic rings. The molecule has 0 aliphatic heterocycles. The van der Waals surface area contributed by atoms with Gasteiger partial charge in [-0.3, -0.25) is 4.79 Å². The SMILES string of the molecule is CCCOCC(=O)NC1c2ccccc2CC1O. The molecule has 2 N–H and O–H groups in total. The van der Waals surface area contributed by atoms with Crippen LogP contribution in [-0.4, -0.2) is 30.3 Å². The lowest BCUT2D eigenvalue weighted by Crippen LogP contribution is -2.36. The van der Waals surface area contributed by atoms with Crippen LogP contribution in [0.4, 0.5) is 0 Å². The first-order valence-electron chi connectivity index (χ1n) is 6.35. The Bertz CT molecular complexity index is 419. The zero-order valence-corrected chi connectivity index (χ0v) is 10.6. The number of aliphatic hydroxyl groups is 1. The third kappa shape index (κ3) is 2.89. The number of benzene rings is 1. The van der Waals surface area contributed by atoms with Gasteiger partial charge in [0.15, 0.2) is 0 Å². The van der Waals surface area contributed by atoms with Crippen LogP contribution < -0.4 is 5.32 Å². The Morgan fingerprint density at radius 1 is 1.50 bits per heavy atom. The Kier molecular flexibility index (Phi) is 4.33. The van der Waals surface area contributed by atoms with Crippen molar-refractivity contribution in [3.05, 3.63) is 35.4 Å². The van der Waals surface area contributed by atoms with Crippen molar-refractivity contribution in [3.8, 4) is 0 Å². The minimum Gasteiger partial charge on any atom is -0.390 e. The molecule has 0 saturated carbocycles. The molecular weight excluding hydrogens is 230 g/mol. The molecule has 2 atom stereocenters. The summed E-state index contributed by atoms with van der Waals surface area (Å²) in [6.45, 7) is 2.63. The lowest BCUT2D eigenvalue weighted by Gasteiger charge is -2.17. The third-order valence-electron chi connectivity index (χ3n) is 3.10. The summed E-state index contributed by atoms with van der Waals surface area (Å²) in [5.74, 6) is -0.177. The fourth-order valence-corrected chi connectivity index (χ4v) is 2.27. The van der Waals surface area contributed by atoms with Gasteiger partial charge in [-0.2, -0.15) is 0 Å². The van der Waals surface area contributed by atoms with E-state index in [2.05, 4.69) is 5.32 Å². The summed E-state index contributed by atoms with van der Waals surface area (Å²) in [7, 11) is 0. The molecule has 1 aromatic rings. The molecule has 2 rings (SSSR count). The van der Waals surface area contributed by atoms with Gasteiger partial charge in [0.25, 0.3) is 0 Å². The number of aliphatic hydroxyl groups excluding tert-OH is 1. The molecule has 1 aliphatic carbocycles. The van der Waals surface area contributed by atoms with Gasteiger partial charge in [-0.05, 0) is 17.5 Å². The third-order valence-corrected chi connectivity index (χ3v) is 3.10. The van der Waals surface area contributed by atoms with E-state index in [0.29, 0.717) is 13.0 Å². The molecule has 0 heterocycles. The van der Waals surface area contributed by atoms with Crippen molar-refractivity contribution in [2.75, 3.05) is 13.2 Å². The topological polar surface area (TPSA) is 58.6 Å². The smallest absolute Gasteiger partial charge is 0.246 e. The van der Waals surface area contributed by atoms with Crippen LogP contribution in [0.1, 0.15) is 30.5 Å². The predicted octanol–water partition coefficient (Wildman–Crippen LogP) is 1.19. The minimum absolute atomic E-state index is 0.0548. The van der Waals surface area contributed by atoms with E-state index in [1.54, 1.807) is 0 Å². The van der Waals surface area contributed by atoms with Gasteiger partial charge in [0, 0.05) is 13.0 Å². The highest BCUT2D eigenvalue weighted by Gasteiger charge is 2.31. The number of fused-ring (bicyclic) bond motifs is 1. The number of hydrogen-bond acceptors (Lipinski definition) is 3. The Labute approximate surface area is 107 Å². The summed E-state index contributed by atoms with van der Waals surface area (Å²) in [6, 6.07) is 7.49. The van der Waals surface area contributed by atoms with Crippen LogP contribution in [-0.2, 0) is 16.0 Å². The Morgan fingerprint density at radius 2 is 2.28 bits per heavy atom. The number of carbonyl (C=O) groups is 1. The van der Waals surface area contributed by atoms with Gasteiger partial charge in [0.2, 0.25) is 5.91 Å². The quantitative estimate of drug-likeness (QED) is 0.771. The summed E-state index contributed by atoms with van der Waals surface area (Å²) < 4.78 is 5.18. The summed E-state index contributed by atoms with van der Waals surface area (Å²) >= 11 is 0. The van der Waals surface area contributed by atoms with Crippen molar-refractivity contribution in [2.24, 2.45) is 0 Å². The fraction of sp³-hybridized carbons (Fsp3) is 0.500. The van der Waals surface area contributed by atoms with Gasteiger partial charge < -0.3 is 15.2 Å². The summed E-state index contributed by atoms with van der Waals surface area (Å²) in [6.07, 6.45) is 0.941. The van der Waals surface area contributed by atoms with E-state index in [1.165, 1.54) is 0 Å². The van der Waals surface area contributed by atoms with E-state index in [1.807, 2.05) is 31.2 Å². The second-order valence-electron chi connectivity index (χ2n) is 4.57. The van der Waals surface area contributed by atoms with E-state index in [0.717, 1.165) is 17.5 Å². The van der Waals surface area contributed by atoms with E-state index in [9.17, 15) is 9.90 Å². The molecule has 2 unspecified atom stereocenters. The van der Waals surface area contributed by atoms with Gasteiger partial charge in [0.05, 0.1) is 12.1 Å². The van der Waals surface area contributed by atoms with Crippen LogP contribution in [0.2, 0.25) is 0 Å².